The van der Waals surface area contributed by atoms with Crippen molar-refractivity contribution in [3.8, 4) is 11.5 Å². The van der Waals surface area contributed by atoms with E-state index in [2.05, 4.69) is 15.5 Å². The van der Waals surface area contributed by atoms with Crippen LogP contribution < -0.4 is 14.9 Å². The SMILES string of the molecule is COc1cc(/C=N\NC(=O)c2cccnc2)ccc1O[C@@H](C)C(=O)O. The number of carbonyl (C=O) groups is 2. The number of methoxy groups -OCH3 is 1. The Morgan fingerprint density at radius 1 is 1.32 bits per heavy atom. The van der Waals surface area contributed by atoms with Gasteiger partial charge in [-0.3, -0.25) is 9.78 Å². The van der Waals surface area contributed by atoms with E-state index < -0.39 is 12.1 Å². The predicted octanol–water partition coefficient (Wildman–Crippen LogP) is 1.71. The van der Waals surface area contributed by atoms with E-state index in [0.29, 0.717) is 22.6 Å². The van der Waals surface area contributed by atoms with Crippen molar-refractivity contribution in [2.24, 2.45) is 5.10 Å². The van der Waals surface area contributed by atoms with E-state index in [-0.39, 0.29) is 5.91 Å². The van der Waals surface area contributed by atoms with Crippen molar-refractivity contribution in [3.05, 3.63) is 53.9 Å². The summed E-state index contributed by atoms with van der Waals surface area (Å²) in [6, 6.07) is 8.12. The highest BCUT2D eigenvalue weighted by Crippen LogP contribution is 2.28. The van der Waals surface area contributed by atoms with Gasteiger partial charge in [-0.2, -0.15) is 5.10 Å². The van der Waals surface area contributed by atoms with E-state index in [1.807, 2.05) is 0 Å². The molecule has 0 saturated carbocycles. The van der Waals surface area contributed by atoms with E-state index in [0.717, 1.165) is 0 Å². The summed E-state index contributed by atoms with van der Waals surface area (Å²) >= 11 is 0. The summed E-state index contributed by atoms with van der Waals surface area (Å²) in [5.74, 6) is -0.804. The number of aliphatic carboxylic acids is 1. The first kappa shape index (κ1) is 17.9. The first-order valence-corrected chi connectivity index (χ1v) is 7.32. The maximum absolute atomic E-state index is 11.8. The van der Waals surface area contributed by atoms with Gasteiger partial charge in [0.1, 0.15) is 0 Å². The molecule has 1 atom stereocenters. The number of carbonyl (C=O) groups excluding carboxylic acids is 1. The summed E-state index contributed by atoms with van der Waals surface area (Å²) in [5.41, 5.74) is 3.42. The van der Waals surface area contributed by atoms with Crippen molar-refractivity contribution in [1.82, 2.24) is 10.4 Å². The van der Waals surface area contributed by atoms with Gasteiger partial charge in [-0.25, -0.2) is 10.2 Å². The van der Waals surface area contributed by atoms with E-state index in [1.165, 1.54) is 26.4 Å². The number of pyridine rings is 1. The Labute approximate surface area is 144 Å². The standard InChI is InChI=1S/C17H17N3O5/c1-11(17(22)23)25-14-6-5-12(8-15(14)24-2)9-19-20-16(21)13-4-3-7-18-10-13/h3-11H,1-2H3,(H,20,21)(H,22,23)/b19-9-/t11-/m0/s1. The Hall–Kier alpha value is -3.42. The second-order valence-electron chi connectivity index (χ2n) is 4.95. The van der Waals surface area contributed by atoms with Gasteiger partial charge in [0.25, 0.3) is 5.91 Å². The molecule has 1 aromatic heterocycles. The highest BCUT2D eigenvalue weighted by molar-refractivity contribution is 5.94. The Bertz CT molecular complexity index is 777. The molecule has 0 aliphatic heterocycles. The molecule has 1 heterocycles. The van der Waals surface area contributed by atoms with Crippen molar-refractivity contribution < 1.29 is 24.2 Å². The Kier molecular flexibility index (Phi) is 6.05. The van der Waals surface area contributed by atoms with Crippen molar-refractivity contribution in [2.75, 3.05) is 7.11 Å². The summed E-state index contributed by atoms with van der Waals surface area (Å²) in [5, 5.41) is 12.8. The molecule has 8 heteroatoms. The first-order valence-electron chi connectivity index (χ1n) is 7.32. The van der Waals surface area contributed by atoms with Gasteiger partial charge in [-0.1, -0.05) is 0 Å². The van der Waals surface area contributed by atoms with Gasteiger partial charge >= 0.3 is 5.97 Å². The maximum atomic E-state index is 11.8. The molecule has 0 aliphatic carbocycles. The Morgan fingerprint density at radius 3 is 2.76 bits per heavy atom. The highest BCUT2D eigenvalue weighted by Gasteiger charge is 2.15. The van der Waals surface area contributed by atoms with Crippen LogP contribution in [-0.2, 0) is 4.79 Å². The molecule has 1 amide bonds. The van der Waals surface area contributed by atoms with Crippen molar-refractivity contribution >= 4 is 18.1 Å². The second kappa shape index (κ2) is 8.44. The monoisotopic (exact) mass is 343 g/mol. The molecule has 0 fully saturated rings. The summed E-state index contributed by atoms with van der Waals surface area (Å²) in [6.07, 6.45) is 3.43. The molecule has 8 nitrogen and oxygen atoms in total. The van der Waals surface area contributed by atoms with Gasteiger partial charge in [0.05, 0.1) is 18.9 Å². The van der Waals surface area contributed by atoms with Crippen LogP contribution in [0.5, 0.6) is 11.5 Å². The highest BCUT2D eigenvalue weighted by atomic mass is 16.5. The minimum absolute atomic E-state index is 0.300. The average molecular weight is 343 g/mol. The Morgan fingerprint density at radius 2 is 2.12 bits per heavy atom. The topological polar surface area (TPSA) is 110 Å². The second-order valence-corrected chi connectivity index (χ2v) is 4.95. The molecule has 2 rings (SSSR count). The van der Waals surface area contributed by atoms with Crippen LogP contribution in [0.4, 0.5) is 0 Å². The zero-order valence-corrected chi connectivity index (χ0v) is 13.7. The van der Waals surface area contributed by atoms with Crippen molar-refractivity contribution in [3.63, 3.8) is 0 Å². The lowest BCUT2D eigenvalue weighted by atomic mass is 10.2. The summed E-state index contributed by atoms with van der Waals surface area (Å²) in [7, 11) is 1.44. The fourth-order valence-corrected chi connectivity index (χ4v) is 1.83. The molecular formula is C17H17N3O5. The van der Waals surface area contributed by atoms with E-state index >= 15 is 0 Å². The third-order valence-electron chi connectivity index (χ3n) is 3.14. The fourth-order valence-electron chi connectivity index (χ4n) is 1.83. The van der Waals surface area contributed by atoms with Crippen LogP contribution >= 0.6 is 0 Å². The lowest BCUT2D eigenvalue weighted by Gasteiger charge is -2.13. The number of nitrogens with one attached hydrogen (secondary N) is 1. The molecule has 0 spiro atoms. The molecule has 2 N–H and O–H groups in total. The number of benzene rings is 1. The summed E-state index contributed by atoms with van der Waals surface area (Å²) < 4.78 is 10.5. The third-order valence-corrected chi connectivity index (χ3v) is 3.14. The summed E-state index contributed by atoms with van der Waals surface area (Å²) in [4.78, 5) is 26.5. The lowest BCUT2D eigenvalue weighted by molar-refractivity contribution is -0.144. The Balaban J connectivity index is 2.05. The quantitative estimate of drug-likeness (QED) is 0.585. The van der Waals surface area contributed by atoms with Gasteiger partial charge in [0, 0.05) is 12.4 Å². The molecule has 2 aromatic rings. The zero-order chi connectivity index (χ0) is 18.2. The average Bonchev–Trinajstić information content (AvgIpc) is 2.63. The molecule has 1 aromatic carbocycles. The normalized spacial score (nSPS) is 11.8. The van der Waals surface area contributed by atoms with E-state index in [9.17, 15) is 9.59 Å². The number of ether oxygens (including phenoxy) is 2. The number of aromatic nitrogens is 1. The molecule has 0 radical (unpaired) electrons. The molecule has 0 bridgehead atoms. The zero-order valence-electron chi connectivity index (χ0n) is 13.7. The van der Waals surface area contributed by atoms with Crippen LogP contribution in [0.15, 0.2) is 47.8 Å². The fraction of sp³-hybridized carbons (Fsp3) is 0.176. The van der Waals surface area contributed by atoms with Gasteiger partial charge < -0.3 is 14.6 Å². The number of hydrogen-bond acceptors (Lipinski definition) is 6. The molecule has 0 aliphatic rings. The molecule has 25 heavy (non-hydrogen) atoms. The van der Waals surface area contributed by atoms with Crippen LogP contribution in [0, 0.1) is 0 Å². The molecule has 0 unspecified atom stereocenters. The number of carboxylic acids is 1. The van der Waals surface area contributed by atoms with Crippen LogP contribution in [0.2, 0.25) is 0 Å². The van der Waals surface area contributed by atoms with E-state index in [4.69, 9.17) is 14.6 Å². The van der Waals surface area contributed by atoms with Crippen molar-refractivity contribution in [2.45, 2.75) is 13.0 Å². The minimum atomic E-state index is -1.08. The largest absolute Gasteiger partial charge is 0.493 e. The molecular weight excluding hydrogens is 326 g/mol. The third kappa shape index (κ3) is 5.03. The van der Waals surface area contributed by atoms with Crippen LogP contribution in [0.25, 0.3) is 0 Å². The smallest absolute Gasteiger partial charge is 0.344 e. The number of nitrogens with zero attached hydrogens (tertiary/aromatic N) is 2. The molecule has 0 saturated heterocycles. The number of hydrazone groups is 1. The lowest BCUT2D eigenvalue weighted by Crippen LogP contribution is -2.23. The van der Waals surface area contributed by atoms with Crippen LogP contribution in [-0.4, -0.2) is 41.4 Å². The van der Waals surface area contributed by atoms with Gasteiger partial charge in [0.2, 0.25) is 0 Å². The van der Waals surface area contributed by atoms with Gasteiger partial charge in [0.15, 0.2) is 17.6 Å². The van der Waals surface area contributed by atoms with Crippen molar-refractivity contribution in [1.29, 1.82) is 0 Å². The van der Waals surface area contributed by atoms with Crippen LogP contribution in [0.1, 0.15) is 22.8 Å². The van der Waals surface area contributed by atoms with Gasteiger partial charge in [-0.15, -0.1) is 0 Å². The molecule has 130 valence electrons. The predicted molar refractivity (Wildman–Crippen MR) is 90.0 cm³/mol. The minimum Gasteiger partial charge on any atom is -0.493 e. The number of rotatable bonds is 7. The first-order chi connectivity index (χ1) is 12.0. The van der Waals surface area contributed by atoms with E-state index in [1.54, 1.807) is 36.5 Å². The number of carboxylic acid groups (broad SMARTS) is 1. The van der Waals surface area contributed by atoms with Gasteiger partial charge in [-0.05, 0) is 42.8 Å². The number of hydrogen-bond donors (Lipinski definition) is 2. The van der Waals surface area contributed by atoms with Crippen LogP contribution in [0.3, 0.4) is 0 Å². The number of amides is 1. The summed E-state index contributed by atoms with van der Waals surface area (Å²) in [6.45, 7) is 1.42. The maximum Gasteiger partial charge on any atom is 0.344 e.